The molecule has 0 amide bonds. The van der Waals surface area contributed by atoms with E-state index in [9.17, 15) is 0 Å². The van der Waals surface area contributed by atoms with Gasteiger partial charge in [0, 0.05) is 11.0 Å². The first-order chi connectivity index (χ1) is 19.8. The first kappa shape index (κ1) is 38.3. The summed E-state index contributed by atoms with van der Waals surface area (Å²) >= 11 is 0. The van der Waals surface area contributed by atoms with E-state index in [1.807, 2.05) is 0 Å². The Bertz CT molecular complexity index is 606. The Hall–Kier alpha value is -1.73. The van der Waals surface area contributed by atoms with Gasteiger partial charge in [-0.2, -0.15) is 0 Å². The fraction of sp³-hybridized carbons (Fsp3) is 0.784. The van der Waals surface area contributed by atoms with Gasteiger partial charge in [0.2, 0.25) is 0 Å². The largest absolute Gasteiger partial charge is 0.0906 e. The van der Waals surface area contributed by atoms with Crippen LogP contribution in [-0.4, -0.2) is 6.04 Å². The molecule has 0 radical (unpaired) electrons. The van der Waals surface area contributed by atoms with Crippen LogP contribution in [0.1, 0.15) is 181 Å². The molecule has 0 saturated carbocycles. The quantitative estimate of drug-likeness (QED) is 0.0269. The van der Waals surface area contributed by atoms with Crippen molar-refractivity contribution in [2.75, 3.05) is 0 Å². The van der Waals surface area contributed by atoms with E-state index in [-0.39, 0.29) is 6.04 Å². The van der Waals surface area contributed by atoms with Gasteiger partial charge in [-0.15, -0.1) is 0 Å². The van der Waals surface area contributed by atoms with Crippen LogP contribution in [0.4, 0.5) is 0 Å². The van der Waals surface area contributed by atoms with Gasteiger partial charge in [-0.3, -0.25) is 0 Å². The highest BCUT2D eigenvalue weighted by atomic mass is 15.1. The van der Waals surface area contributed by atoms with Crippen molar-refractivity contribution in [3.8, 4) is 0 Å². The molecule has 3 heteroatoms. The van der Waals surface area contributed by atoms with Crippen LogP contribution in [0, 0.1) is 0 Å². The summed E-state index contributed by atoms with van der Waals surface area (Å²) in [6.45, 7) is 4.52. The second kappa shape index (κ2) is 35.3. The van der Waals surface area contributed by atoms with Crippen LogP contribution in [0.15, 0.2) is 53.7 Å². The lowest BCUT2D eigenvalue weighted by molar-refractivity contribution is 0.481. The normalized spacial score (nSPS) is 12.8. The van der Waals surface area contributed by atoms with Gasteiger partial charge in [0.1, 0.15) is 0 Å². The number of hydrogen-bond acceptors (Lipinski definition) is 1. The second-order valence-corrected chi connectivity index (χ2v) is 11.6. The number of nitrogens with zero attached hydrogens (tertiary/aromatic N) is 3. The molecule has 0 N–H and O–H groups in total. The average molecular weight is 554 g/mol. The zero-order valence-corrected chi connectivity index (χ0v) is 26.9. The predicted octanol–water partition coefficient (Wildman–Crippen LogP) is 14.1. The molecule has 0 spiro atoms. The lowest BCUT2D eigenvalue weighted by Gasteiger charge is -2.11. The molecule has 0 fully saturated rings. The van der Waals surface area contributed by atoms with Crippen LogP contribution in [0.3, 0.4) is 0 Å². The minimum Gasteiger partial charge on any atom is -0.0906 e. The number of rotatable bonds is 31. The SMILES string of the molecule is CCCCCC=CCC=CCCCCCCCCC(CCCCCCCCC=CCC=CCCCCC)N=[N+]=[N-]. The van der Waals surface area contributed by atoms with Gasteiger partial charge in [0.15, 0.2) is 0 Å². The van der Waals surface area contributed by atoms with Gasteiger partial charge < -0.3 is 0 Å². The molecule has 3 nitrogen and oxygen atoms in total. The Balaban J connectivity index is 3.53. The molecule has 0 aliphatic rings. The van der Waals surface area contributed by atoms with E-state index in [0.29, 0.717) is 0 Å². The van der Waals surface area contributed by atoms with Crippen molar-refractivity contribution in [1.82, 2.24) is 0 Å². The van der Waals surface area contributed by atoms with Gasteiger partial charge in [-0.05, 0) is 82.6 Å². The Labute approximate surface area is 250 Å². The third kappa shape index (κ3) is 32.5. The maximum atomic E-state index is 8.95. The fourth-order valence-electron chi connectivity index (χ4n) is 5.07. The first-order valence-electron chi connectivity index (χ1n) is 17.5. The van der Waals surface area contributed by atoms with Crippen LogP contribution in [0.5, 0.6) is 0 Å². The monoisotopic (exact) mass is 554 g/mol. The smallest absolute Gasteiger partial charge is 0.0374 e. The standard InChI is InChI=1S/C37H67N3/c1-3-5-7-9-11-13-15-17-19-21-23-25-27-29-31-33-35-37(39-40-38)36-34-32-30-28-26-24-22-20-18-16-14-12-10-8-6-4-2/h11-14,17-20,37H,3-10,15-16,21-36H2,1-2H3. The van der Waals surface area contributed by atoms with Crippen molar-refractivity contribution in [2.45, 2.75) is 187 Å². The molecule has 0 aromatic carbocycles. The molecule has 40 heavy (non-hydrogen) atoms. The molecule has 0 unspecified atom stereocenters. The van der Waals surface area contributed by atoms with Crippen LogP contribution >= 0.6 is 0 Å². The molecular weight excluding hydrogens is 486 g/mol. The lowest BCUT2D eigenvalue weighted by atomic mass is 10.0. The van der Waals surface area contributed by atoms with Gasteiger partial charge in [0.05, 0.1) is 0 Å². The number of azide groups is 1. The zero-order chi connectivity index (χ0) is 29.0. The first-order valence-corrected chi connectivity index (χ1v) is 17.5. The molecule has 0 bridgehead atoms. The molecule has 0 aromatic rings. The van der Waals surface area contributed by atoms with Gasteiger partial charge in [0.25, 0.3) is 0 Å². The topological polar surface area (TPSA) is 48.8 Å². The molecule has 0 saturated heterocycles. The molecule has 0 heterocycles. The third-order valence-electron chi connectivity index (χ3n) is 7.69. The third-order valence-corrected chi connectivity index (χ3v) is 7.69. The minimum atomic E-state index is 0.210. The molecule has 0 aliphatic heterocycles. The summed E-state index contributed by atoms with van der Waals surface area (Å²) in [7, 11) is 0. The van der Waals surface area contributed by atoms with Crippen molar-refractivity contribution < 1.29 is 0 Å². The Morgan fingerprint density at radius 1 is 0.450 bits per heavy atom. The molecular formula is C37H67N3. The summed E-state index contributed by atoms with van der Waals surface area (Å²) in [6, 6.07) is 0.210. The fourth-order valence-corrected chi connectivity index (χ4v) is 5.07. The summed E-state index contributed by atoms with van der Waals surface area (Å²) in [5.74, 6) is 0. The summed E-state index contributed by atoms with van der Waals surface area (Å²) in [5, 5.41) is 4.09. The summed E-state index contributed by atoms with van der Waals surface area (Å²) in [4.78, 5) is 3.12. The van der Waals surface area contributed by atoms with Crippen LogP contribution in [0.2, 0.25) is 0 Å². The molecule has 0 aromatic heterocycles. The van der Waals surface area contributed by atoms with E-state index in [1.54, 1.807) is 0 Å². The maximum absolute atomic E-state index is 8.95. The van der Waals surface area contributed by atoms with Gasteiger partial charge in [-0.1, -0.05) is 157 Å². The van der Waals surface area contributed by atoms with Crippen molar-refractivity contribution in [1.29, 1.82) is 0 Å². The molecule has 0 atom stereocenters. The average Bonchev–Trinajstić information content (AvgIpc) is 2.96. The second-order valence-electron chi connectivity index (χ2n) is 11.6. The highest BCUT2D eigenvalue weighted by Gasteiger charge is 2.06. The lowest BCUT2D eigenvalue weighted by Crippen LogP contribution is -2.03. The highest BCUT2D eigenvalue weighted by Crippen LogP contribution is 2.17. The van der Waals surface area contributed by atoms with Crippen LogP contribution in [-0.2, 0) is 0 Å². The zero-order valence-electron chi connectivity index (χ0n) is 26.9. The van der Waals surface area contributed by atoms with E-state index in [4.69, 9.17) is 5.53 Å². The Morgan fingerprint density at radius 3 is 1.12 bits per heavy atom. The molecule has 0 rings (SSSR count). The van der Waals surface area contributed by atoms with Crippen molar-refractivity contribution >= 4 is 0 Å². The summed E-state index contributed by atoms with van der Waals surface area (Å²) < 4.78 is 0. The molecule has 230 valence electrons. The molecule has 0 aliphatic carbocycles. The number of allylic oxidation sites excluding steroid dienone is 8. The van der Waals surface area contributed by atoms with E-state index >= 15 is 0 Å². The van der Waals surface area contributed by atoms with E-state index in [0.717, 1.165) is 25.7 Å². The van der Waals surface area contributed by atoms with E-state index < -0.39 is 0 Å². The van der Waals surface area contributed by atoms with E-state index in [2.05, 4.69) is 72.5 Å². The predicted molar refractivity (Wildman–Crippen MR) is 181 cm³/mol. The van der Waals surface area contributed by atoms with Crippen molar-refractivity contribution in [3.63, 3.8) is 0 Å². The van der Waals surface area contributed by atoms with Crippen LogP contribution < -0.4 is 0 Å². The Kier molecular flexibility index (Phi) is 33.8. The van der Waals surface area contributed by atoms with Crippen molar-refractivity contribution in [2.24, 2.45) is 5.11 Å². The highest BCUT2D eigenvalue weighted by molar-refractivity contribution is 4.93. The number of unbranched alkanes of at least 4 members (excludes halogenated alkanes) is 18. The van der Waals surface area contributed by atoms with Gasteiger partial charge >= 0.3 is 0 Å². The van der Waals surface area contributed by atoms with Gasteiger partial charge in [-0.25, -0.2) is 0 Å². The summed E-state index contributed by atoms with van der Waals surface area (Å²) in [6.07, 6.45) is 51.4. The number of hydrogen-bond donors (Lipinski definition) is 0. The van der Waals surface area contributed by atoms with Crippen LogP contribution in [0.25, 0.3) is 10.4 Å². The summed E-state index contributed by atoms with van der Waals surface area (Å²) in [5.41, 5.74) is 8.95. The van der Waals surface area contributed by atoms with Crippen molar-refractivity contribution in [3.05, 3.63) is 59.1 Å². The minimum absolute atomic E-state index is 0.210. The maximum Gasteiger partial charge on any atom is 0.0374 e. The Morgan fingerprint density at radius 2 is 0.775 bits per heavy atom. The van der Waals surface area contributed by atoms with E-state index in [1.165, 1.54) is 141 Å².